The van der Waals surface area contributed by atoms with E-state index in [0.29, 0.717) is 16.1 Å². The minimum absolute atomic E-state index is 0.153. The average molecular weight is 332 g/mol. The summed E-state index contributed by atoms with van der Waals surface area (Å²) in [5.41, 5.74) is 1.00. The summed E-state index contributed by atoms with van der Waals surface area (Å²) in [6.07, 6.45) is 0. The minimum atomic E-state index is -1.09. The number of rotatable bonds is 4. The molecule has 6 heteroatoms. The van der Waals surface area contributed by atoms with Gasteiger partial charge in [-0.2, -0.15) is 0 Å². The van der Waals surface area contributed by atoms with Crippen molar-refractivity contribution in [2.24, 2.45) is 0 Å². The molecule has 23 heavy (non-hydrogen) atoms. The molecule has 0 unspecified atom stereocenters. The number of carboxylic acid groups (broad SMARTS) is 1. The van der Waals surface area contributed by atoms with Gasteiger partial charge in [0.2, 0.25) is 0 Å². The van der Waals surface area contributed by atoms with Crippen LogP contribution in [0.5, 0.6) is 0 Å². The van der Waals surface area contributed by atoms with Crippen LogP contribution in [0, 0.1) is 6.92 Å². The number of aryl methyl sites for hydroxylation is 1. The number of carbonyl (C=O) groups excluding carboxylic acids is 1. The molecule has 1 heterocycles. The van der Waals surface area contributed by atoms with Gasteiger partial charge in [0, 0.05) is 5.41 Å². The minimum Gasteiger partial charge on any atom is -0.479 e. The number of aliphatic carboxylic acids is 1. The Bertz CT molecular complexity index is 717. The molecule has 2 aromatic rings. The van der Waals surface area contributed by atoms with Crippen LogP contribution < -0.4 is 5.32 Å². The third-order valence-corrected chi connectivity index (χ3v) is 4.88. The molecule has 0 aliphatic heterocycles. The van der Waals surface area contributed by atoms with Crippen LogP contribution in [0.3, 0.4) is 0 Å². The molecule has 2 N–H and O–H groups in total. The molecule has 0 saturated carbocycles. The predicted octanol–water partition coefficient (Wildman–Crippen LogP) is 3.30. The van der Waals surface area contributed by atoms with Crippen molar-refractivity contribution in [1.29, 1.82) is 0 Å². The summed E-state index contributed by atoms with van der Waals surface area (Å²) in [4.78, 5) is 28.9. The Morgan fingerprint density at radius 1 is 1.22 bits per heavy atom. The second-order valence-corrected chi connectivity index (χ2v) is 7.34. The number of amides is 1. The maximum Gasteiger partial charge on any atom is 0.330 e. The van der Waals surface area contributed by atoms with Crippen LogP contribution in [0.25, 0.3) is 0 Å². The molecule has 5 nitrogen and oxygen atoms in total. The fraction of sp³-hybridized carbons (Fsp3) is 0.353. The Kier molecular flexibility index (Phi) is 4.85. The Hall–Kier alpha value is -2.21. The molecule has 0 bridgehead atoms. The maximum absolute atomic E-state index is 12.5. The second-order valence-electron chi connectivity index (χ2n) is 6.34. The van der Waals surface area contributed by atoms with Crippen LogP contribution in [0.1, 0.15) is 52.7 Å². The number of hydrogen-bond acceptors (Lipinski definition) is 4. The molecule has 0 saturated heterocycles. The number of nitrogens with zero attached hydrogens (tertiary/aromatic N) is 1. The van der Waals surface area contributed by atoms with Gasteiger partial charge in [-0.15, -0.1) is 11.3 Å². The van der Waals surface area contributed by atoms with Gasteiger partial charge in [-0.05, 0) is 12.5 Å². The van der Waals surface area contributed by atoms with Gasteiger partial charge in [0.05, 0.1) is 10.7 Å². The van der Waals surface area contributed by atoms with Gasteiger partial charge in [0.15, 0.2) is 6.04 Å². The van der Waals surface area contributed by atoms with E-state index in [1.807, 2.05) is 20.8 Å². The summed E-state index contributed by atoms with van der Waals surface area (Å²) in [6, 6.07) is 7.56. The second kappa shape index (κ2) is 6.50. The molecular formula is C17H20N2O3S. The molecule has 0 spiro atoms. The topological polar surface area (TPSA) is 79.3 Å². The molecule has 2 rings (SSSR count). The molecule has 0 aliphatic rings. The molecule has 0 radical (unpaired) electrons. The van der Waals surface area contributed by atoms with Crippen molar-refractivity contribution in [3.63, 3.8) is 0 Å². The van der Waals surface area contributed by atoms with E-state index >= 15 is 0 Å². The summed E-state index contributed by atoms with van der Waals surface area (Å²) in [5.74, 6) is -1.51. The molecule has 1 atom stereocenters. The van der Waals surface area contributed by atoms with E-state index < -0.39 is 17.9 Å². The van der Waals surface area contributed by atoms with Crippen LogP contribution in [-0.4, -0.2) is 22.0 Å². The molecule has 0 fully saturated rings. The first-order chi connectivity index (χ1) is 10.7. The first-order valence-electron chi connectivity index (χ1n) is 7.26. The van der Waals surface area contributed by atoms with E-state index in [0.717, 1.165) is 5.01 Å². The number of nitrogens with one attached hydrogen (secondary N) is 1. The number of benzene rings is 1. The van der Waals surface area contributed by atoms with E-state index in [1.54, 1.807) is 37.3 Å². The highest BCUT2D eigenvalue weighted by atomic mass is 32.1. The fourth-order valence-electron chi connectivity index (χ4n) is 2.06. The van der Waals surface area contributed by atoms with Gasteiger partial charge in [-0.25, -0.2) is 9.78 Å². The lowest BCUT2D eigenvalue weighted by Gasteiger charge is -2.15. The highest BCUT2D eigenvalue weighted by Crippen LogP contribution is 2.29. The van der Waals surface area contributed by atoms with Gasteiger partial charge in [-0.1, -0.05) is 51.1 Å². The number of carboxylic acids is 1. The first kappa shape index (κ1) is 17.1. The smallest absolute Gasteiger partial charge is 0.330 e. The summed E-state index contributed by atoms with van der Waals surface area (Å²) in [7, 11) is 0. The first-order valence-corrected chi connectivity index (χ1v) is 8.08. The van der Waals surface area contributed by atoms with Crippen LogP contribution in [0.4, 0.5) is 0 Å². The molecule has 0 aliphatic carbocycles. The maximum atomic E-state index is 12.5. The average Bonchev–Trinajstić information content (AvgIpc) is 2.87. The summed E-state index contributed by atoms with van der Waals surface area (Å²) >= 11 is 1.31. The Morgan fingerprint density at radius 2 is 1.83 bits per heavy atom. The zero-order chi connectivity index (χ0) is 17.2. The number of carbonyl (C=O) groups is 2. The van der Waals surface area contributed by atoms with E-state index in [4.69, 9.17) is 0 Å². The summed E-state index contributed by atoms with van der Waals surface area (Å²) in [6.45, 7) is 7.84. The highest BCUT2D eigenvalue weighted by Gasteiger charge is 2.27. The van der Waals surface area contributed by atoms with Crippen LogP contribution in [0.15, 0.2) is 30.3 Å². The zero-order valence-corrected chi connectivity index (χ0v) is 14.4. The zero-order valence-electron chi connectivity index (χ0n) is 13.6. The van der Waals surface area contributed by atoms with E-state index in [9.17, 15) is 14.7 Å². The van der Waals surface area contributed by atoms with E-state index in [1.165, 1.54) is 11.3 Å². The third-order valence-electron chi connectivity index (χ3n) is 3.30. The van der Waals surface area contributed by atoms with Crippen molar-refractivity contribution < 1.29 is 14.7 Å². The fourth-order valence-corrected chi connectivity index (χ4v) is 3.08. The lowest BCUT2D eigenvalue weighted by Crippen LogP contribution is -2.33. The predicted molar refractivity (Wildman–Crippen MR) is 89.8 cm³/mol. The number of hydrogen-bond donors (Lipinski definition) is 2. The lowest BCUT2D eigenvalue weighted by molar-refractivity contribution is -0.139. The molecule has 1 aromatic heterocycles. The van der Waals surface area contributed by atoms with Crippen molar-refractivity contribution in [3.8, 4) is 0 Å². The number of thiazole rings is 1. The Balaban J connectivity index is 2.27. The molecule has 1 amide bonds. The standard InChI is InChI=1S/C17H20N2O3S/c1-10-13(23-16(18-10)17(2,3)4)14(20)19-12(15(21)22)11-8-6-5-7-9-11/h5-9,12H,1-4H3,(H,19,20)(H,21,22)/t12-/m0/s1. The third kappa shape index (κ3) is 3.96. The van der Waals surface area contributed by atoms with Gasteiger partial charge >= 0.3 is 5.97 Å². The monoisotopic (exact) mass is 332 g/mol. The Morgan fingerprint density at radius 3 is 2.30 bits per heavy atom. The molecular weight excluding hydrogens is 312 g/mol. The van der Waals surface area contributed by atoms with Crippen molar-refractivity contribution in [1.82, 2.24) is 10.3 Å². The largest absolute Gasteiger partial charge is 0.479 e. The van der Waals surface area contributed by atoms with Crippen LogP contribution in [-0.2, 0) is 10.2 Å². The van der Waals surface area contributed by atoms with Crippen molar-refractivity contribution >= 4 is 23.2 Å². The van der Waals surface area contributed by atoms with Gasteiger partial charge < -0.3 is 10.4 Å². The lowest BCUT2D eigenvalue weighted by atomic mass is 9.98. The molecule has 1 aromatic carbocycles. The summed E-state index contributed by atoms with van der Waals surface area (Å²) < 4.78 is 0. The summed E-state index contributed by atoms with van der Waals surface area (Å²) in [5, 5.41) is 12.8. The van der Waals surface area contributed by atoms with Crippen molar-refractivity contribution in [3.05, 3.63) is 51.5 Å². The van der Waals surface area contributed by atoms with Crippen LogP contribution >= 0.6 is 11.3 Å². The van der Waals surface area contributed by atoms with Gasteiger partial charge in [0.1, 0.15) is 4.88 Å². The van der Waals surface area contributed by atoms with E-state index in [2.05, 4.69) is 10.3 Å². The normalized spacial score (nSPS) is 12.7. The molecule has 122 valence electrons. The van der Waals surface area contributed by atoms with Crippen molar-refractivity contribution in [2.75, 3.05) is 0 Å². The Labute approximate surface area is 139 Å². The highest BCUT2D eigenvalue weighted by molar-refractivity contribution is 7.14. The number of aromatic nitrogens is 1. The van der Waals surface area contributed by atoms with Crippen molar-refractivity contribution in [2.45, 2.75) is 39.2 Å². The van der Waals surface area contributed by atoms with Gasteiger partial charge in [-0.3, -0.25) is 4.79 Å². The van der Waals surface area contributed by atoms with E-state index in [-0.39, 0.29) is 5.41 Å². The SMILES string of the molecule is Cc1nc(C(C)(C)C)sc1C(=O)N[C@H](C(=O)O)c1ccccc1. The van der Waals surface area contributed by atoms with Gasteiger partial charge in [0.25, 0.3) is 5.91 Å². The quantitative estimate of drug-likeness (QED) is 0.900. The van der Waals surface area contributed by atoms with Crippen LogP contribution in [0.2, 0.25) is 0 Å².